The zero-order valence-corrected chi connectivity index (χ0v) is 9.54. The first kappa shape index (κ1) is 11.1. The van der Waals surface area contributed by atoms with Crippen molar-refractivity contribution in [2.45, 2.75) is 0 Å². The van der Waals surface area contributed by atoms with E-state index < -0.39 is 5.97 Å². The molecule has 94 valence electrons. The third-order valence-electron chi connectivity index (χ3n) is 2.65. The van der Waals surface area contributed by atoms with Gasteiger partial charge in [0.1, 0.15) is 5.69 Å². The Balaban J connectivity index is 2.13. The number of carboxylic acids is 1. The Bertz CT molecular complexity index is 814. The summed E-state index contributed by atoms with van der Waals surface area (Å²) in [5.41, 5.74) is 1.59. The molecule has 7 nitrogen and oxygen atoms in total. The molecule has 0 aliphatic heterocycles. The van der Waals surface area contributed by atoms with Crippen molar-refractivity contribution < 1.29 is 9.90 Å². The predicted molar refractivity (Wildman–Crippen MR) is 66.9 cm³/mol. The van der Waals surface area contributed by atoms with Crippen molar-refractivity contribution in [1.82, 2.24) is 20.2 Å². The number of aromatic nitrogens is 4. The highest BCUT2D eigenvalue weighted by atomic mass is 16.4. The molecule has 0 saturated heterocycles. The van der Waals surface area contributed by atoms with E-state index in [0.29, 0.717) is 22.6 Å². The maximum atomic E-state index is 10.9. The van der Waals surface area contributed by atoms with E-state index in [4.69, 9.17) is 5.11 Å². The van der Waals surface area contributed by atoms with E-state index in [1.54, 1.807) is 6.07 Å². The molecule has 7 heteroatoms. The number of carboxylic acid groups (broad SMARTS) is 1. The number of aromatic carboxylic acids is 1. The topological polar surface area (TPSA) is 112 Å². The van der Waals surface area contributed by atoms with Crippen LogP contribution in [-0.4, -0.2) is 31.2 Å². The van der Waals surface area contributed by atoms with E-state index in [9.17, 15) is 9.59 Å². The second kappa shape index (κ2) is 4.05. The van der Waals surface area contributed by atoms with E-state index in [1.165, 1.54) is 24.3 Å². The average molecular weight is 256 g/mol. The molecule has 0 saturated carbocycles. The smallest absolute Gasteiger partial charge is 0.335 e. The van der Waals surface area contributed by atoms with Crippen molar-refractivity contribution in [2.75, 3.05) is 0 Å². The number of benzene rings is 1. The lowest BCUT2D eigenvalue weighted by atomic mass is 10.2. The van der Waals surface area contributed by atoms with E-state index in [1.807, 2.05) is 0 Å². The van der Waals surface area contributed by atoms with Gasteiger partial charge < -0.3 is 10.1 Å². The fourth-order valence-electron chi connectivity index (χ4n) is 1.74. The van der Waals surface area contributed by atoms with Crippen molar-refractivity contribution >= 4 is 17.0 Å². The van der Waals surface area contributed by atoms with Gasteiger partial charge >= 0.3 is 5.97 Å². The fraction of sp³-hybridized carbons (Fsp3) is 0. The number of H-pyrrole nitrogens is 2. The standard InChI is InChI=1S/C12H8N4O3/c17-10-4-3-8(15-16-10)11-13-7-2-1-6(12(18)19)5-9(7)14-11/h1-5H,(H,13,14)(H,16,17)(H,18,19). The van der Waals surface area contributed by atoms with Gasteiger partial charge in [-0.1, -0.05) is 0 Å². The van der Waals surface area contributed by atoms with Crippen molar-refractivity contribution in [3.63, 3.8) is 0 Å². The van der Waals surface area contributed by atoms with Crippen LogP contribution in [0.3, 0.4) is 0 Å². The third kappa shape index (κ3) is 1.97. The van der Waals surface area contributed by atoms with Crippen LogP contribution in [0.15, 0.2) is 35.1 Å². The number of hydrogen-bond donors (Lipinski definition) is 3. The number of hydrogen-bond acceptors (Lipinski definition) is 4. The van der Waals surface area contributed by atoms with Gasteiger partial charge in [0.2, 0.25) is 0 Å². The Hall–Kier alpha value is -2.96. The molecule has 0 aliphatic carbocycles. The first-order chi connectivity index (χ1) is 9.13. The predicted octanol–water partition coefficient (Wildman–Crippen LogP) is 1.01. The highest BCUT2D eigenvalue weighted by Crippen LogP contribution is 2.18. The Morgan fingerprint density at radius 2 is 2.05 bits per heavy atom. The maximum Gasteiger partial charge on any atom is 0.335 e. The van der Waals surface area contributed by atoms with Crippen molar-refractivity contribution in [3.8, 4) is 11.5 Å². The van der Waals surface area contributed by atoms with Gasteiger partial charge in [-0.05, 0) is 24.3 Å². The van der Waals surface area contributed by atoms with Crippen LogP contribution in [0.25, 0.3) is 22.6 Å². The lowest BCUT2D eigenvalue weighted by Crippen LogP contribution is -2.05. The van der Waals surface area contributed by atoms with Crippen LogP contribution in [0.1, 0.15) is 10.4 Å². The number of carbonyl (C=O) groups is 1. The molecule has 0 atom stereocenters. The van der Waals surface area contributed by atoms with Crippen LogP contribution in [0, 0.1) is 0 Å². The van der Waals surface area contributed by atoms with Gasteiger partial charge in [0.25, 0.3) is 5.56 Å². The Labute approximate surface area is 105 Å². The van der Waals surface area contributed by atoms with Crippen molar-refractivity contribution in [1.29, 1.82) is 0 Å². The molecule has 0 bridgehead atoms. The first-order valence-electron chi connectivity index (χ1n) is 5.42. The molecular formula is C12H8N4O3. The van der Waals surface area contributed by atoms with Crippen LogP contribution < -0.4 is 5.56 Å². The summed E-state index contributed by atoms with van der Waals surface area (Å²) in [7, 11) is 0. The van der Waals surface area contributed by atoms with Crippen LogP contribution in [-0.2, 0) is 0 Å². The Morgan fingerprint density at radius 3 is 2.74 bits per heavy atom. The summed E-state index contributed by atoms with van der Waals surface area (Å²) in [5.74, 6) is -0.533. The molecular weight excluding hydrogens is 248 g/mol. The van der Waals surface area contributed by atoms with Gasteiger partial charge in [0.05, 0.1) is 16.6 Å². The summed E-state index contributed by atoms with van der Waals surface area (Å²) in [6.07, 6.45) is 0. The number of imidazole rings is 1. The van der Waals surface area contributed by atoms with E-state index in [-0.39, 0.29) is 11.1 Å². The van der Waals surface area contributed by atoms with Crippen LogP contribution in [0.4, 0.5) is 0 Å². The molecule has 0 unspecified atom stereocenters. The van der Waals surface area contributed by atoms with Gasteiger partial charge in [0, 0.05) is 6.07 Å². The number of fused-ring (bicyclic) bond motifs is 1. The van der Waals surface area contributed by atoms with Gasteiger partial charge in [0.15, 0.2) is 5.82 Å². The third-order valence-corrected chi connectivity index (χ3v) is 2.65. The maximum absolute atomic E-state index is 10.9. The number of rotatable bonds is 2. The second-order valence-electron chi connectivity index (χ2n) is 3.93. The summed E-state index contributed by atoms with van der Waals surface area (Å²) in [6, 6.07) is 7.48. The van der Waals surface area contributed by atoms with E-state index in [0.717, 1.165) is 0 Å². The molecule has 3 aromatic rings. The lowest BCUT2D eigenvalue weighted by molar-refractivity contribution is 0.0697. The molecule has 3 rings (SSSR count). The van der Waals surface area contributed by atoms with Crippen LogP contribution in [0.2, 0.25) is 0 Å². The SMILES string of the molecule is O=C(O)c1ccc2nc(-c3ccc(=O)[nH]n3)[nH]c2c1. The summed E-state index contributed by atoms with van der Waals surface area (Å²) in [6.45, 7) is 0. The van der Waals surface area contributed by atoms with Gasteiger partial charge in [-0.15, -0.1) is 0 Å². The van der Waals surface area contributed by atoms with Crippen molar-refractivity contribution in [3.05, 3.63) is 46.2 Å². The Kier molecular flexibility index (Phi) is 2.38. The molecule has 1 aromatic carbocycles. The molecule has 19 heavy (non-hydrogen) atoms. The highest BCUT2D eigenvalue weighted by Gasteiger charge is 2.09. The molecule has 3 N–H and O–H groups in total. The van der Waals surface area contributed by atoms with Gasteiger partial charge in [-0.2, -0.15) is 5.10 Å². The monoisotopic (exact) mass is 256 g/mol. The molecule has 0 radical (unpaired) electrons. The molecule has 0 spiro atoms. The normalized spacial score (nSPS) is 10.7. The minimum Gasteiger partial charge on any atom is -0.478 e. The quantitative estimate of drug-likeness (QED) is 0.633. The van der Waals surface area contributed by atoms with Crippen LogP contribution in [0.5, 0.6) is 0 Å². The van der Waals surface area contributed by atoms with Gasteiger partial charge in [-0.3, -0.25) is 4.79 Å². The number of aromatic amines is 2. The zero-order valence-electron chi connectivity index (χ0n) is 9.54. The lowest BCUT2D eigenvalue weighted by Gasteiger charge is -1.92. The van der Waals surface area contributed by atoms with E-state index >= 15 is 0 Å². The second-order valence-corrected chi connectivity index (χ2v) is 3.93. The summed E-state index contributed by atoms with van der Waals surface area (Å²) in [4.78, 5) is 29.1. The minimum atomic E-state index is -1.000. The summed E-state index contributed by atoms with van der Waals surface area (Å²) in [5, 5.41) is 15.1. The number of nitrogens with one attached hydrogen (secondary N) is 2. The first-order valence-corrected chi connectivity index (χ1v) is 5.42. The number of nitrogens with zero attached hydrogens (tertiary/aromatic N) is 2. The summed E-state index contributed by atoms with van der Waals surface area (Å²) < 4.78 is 0. The minimum absolute atomic E-state index is 0.178. The molecule has 0 fully saturated rings. The molecule has 2 heterocycles. The largest absolute Gasteiger partial charge is 0.478 e. The van der Waals surface area contributed by atoms with Crippen molar-refractivity contribution in [2.24, 2.45) is 0 Å². The van der Waals surface area contributed by atoms with Crippen LogP contribution >= 0.6 is 0 Å². The zero-order chi connectivity index (χ0) is 13.4. The fourth-order valence-corrected chi connectivity index (χ4v) is 1.74. The van der Waals surface area contributed by atoms with Gasteiger partial charge in [-0.25, -0.2) is 14.9 Å². The van der Waals surface area contributed by atoms with E-state index in [2.05, 4.69) is 20.2 Å². The molecule has 0 aliphatic rings. The average Bonchev–Trinajstić information content (AvgIpc) is 2.82. The molecule has 0 amide bonds. The highest BCUT2D eigenvalue weighted by molar-refractivity contribution is 5.92. The molecule has 2 aromatic heterocycles. The Morgan fingerprint density at radius 1 is 1.21 bits per heavy atom. The summed E-state index contributed by atoms with van der Waals surface area (Å²) >= 11 is 0.